The molecule has 0 spiro atoms. The van der Waals surface area contributed by atoms with E-state index >= 15 is 0 Å². The maximum Gasteiger partial charge on any atom is 0.323 e. The standard InChI is InChI=1S/C15H21NO2/c1-12(13-6-4-3-5-7-13)8-10-16-11-9-14(16)15(17)18-2/h3-7,12,14H,8-11H2,1-2H3. The van der Waals surface area contributed by atoms with Crippen LogP contribution in [0.25, 0.3) is 0 Å². The van der Waals surface area contributed by atoms with Crippen LogP contribution in [-0.2, 0) is 9.53 Å². The number of hydrogen-bond acceptors (Lipinski definition) is 3. The number of carbonyl (C=O) groups is 1. The zero-order valence-electron chi connectivity index (χ0n) is 11.1. The van der Waals surface area contributed by atoms with Gasteiger partial charge in [0.2, 0.25) is 0 Å². The molecule has 3 nitrogen and oxygen atoms in total. The third kappa shape index (κ3) is 2.91. The van der Waals surface area contributed by atoms with Crippen molar-refractivity contribution in [1.82, 2.24) is 4.90 Å². The van der Waals surface area contributed by atoms with Crippen LogP contribution in [0.4, 0.5) is 0 Å². The second kappa shape index (κ2) is 6.01. The highest BCUT2D eigenvalue weighted by Gasteiger charge is 2.34. The van der Waals surface area contributed by atoms with E-state index in [2.05, 4.69) is 36.1 Å². The summed E-state index contributed by atoms with van der Waals surface area (Å²) in [6, 6.07) is 10.5. The van der Waals surface area contributed by atoms with E-state index < -0.39 is 0 Å². The summed E-state index contributed by atoms with van der Waals surface area (Å²) in [5.41, 5.74) is 1.37. The van der Waals surface area contributed by atoms with Crippen LogP contribution >= 0.6 is 0 Å². The van der Waals surface area contributed by atoms with Crippen molar-refractivity contribution in [2.45, 2.75) is 31.7 Å². The molecule has 1 saturated heterocycles. The van der Waals surface area contributed by atoms with Crippen LogP contribution in [0.5, 0.6) is 0 Å². The summed E-state index contributed by atoms with van der Waals surface area (Å²) in [7, 11) is 1.46. The summed E-state index contributed by atoms with van der Waals surface area (Å²) >= 11 is 0. The quantitative estimate of drug-likeness (QED) is 0.748. The van der Waals surface area contributed by atoms with Crippen molar-refractivity contribution in [1.29, 1.82) is 0 Å². The van der Waals surface area contributed by atoms with Gasteiger partial charge in [-0.3, -0.25) is 9.69 Å². The van der Waals surface area contributed by atoms with Crippen molar-refractivity contribution in [3.63, 3.8) is 0 Å². The zero-order valence-corrected chi connectivity index (χ0v) is 11.1. The number of rotatable bonds is 5. The van der Waals surface area contributed by atoms with E-state index in [4.69, 9.17) is 4.74 Å². The normalized spacial score (nSPS) is 21.1. The van der Waals surface area contributed by atoms with Gasteiger partial charge in [-0.2, -0.15) is 0 Å². The van der Waals surface area contributed by atoms with Crippen LogP contribution in [0.2, 0.25) is 0 Å². The molecule has 1 heterocycles. The summed E-state index contributed by atoms with van der Waals surface area (Å²) in [4.78, 5) is 13.7. The lowest BCUT2D eigenvalue weighted by Crippen LogP contribution is -2.53. The van der Waals surface area contributed by atoms with Gasteiger partial charge < -0.3 is 4.74 Å². The van der Waals surface area contributed by atoms with E-state index in [1.54, 1.807) is 0 Å². The Balaban J connectivity index is 1.80. The van der Waals surface area contributed by atoms with E-state index in [-0.39, 0.29) is 12.0 Å². The van der Waals surface area contributed by atoms with Gasteiger partial charge in [0, 0.05) is 6.54 Å². The van der Waals surface area contributed by atoms with E-state index in [1.165, 1.54) is 12.7 Å². The van der Waals surface area contributed by atoms with E-state index in [9.17, 15) is 4.79 Å². The minimum atomic E-state index is -0.0892. The lowest BCUT2D eigenvalue weighted by molar-refractivity contribution is -0.151. The number of methoxy groups -OCH3 is 1. The first-order valence-electron chi connectivity index (χ1n) is 6.59. The highest BCUT2D eigenvalue weighted by molar-refractivity contribution is 5.76. The molecule has 2 unspecified atom stereocenters. The number of hydrogen-bond donors (Lipinski definition) is 0. The highest BCUT2D eigenvalue weighted by Crippen LogP contribution is 2.23. The van der Waals surface area contributed by atoms with Crippen LogP contribution in [0.1, 0.15) is 31.2 Å². The van der Waals surface area contributed by atoms with Crippen LogP contribution in [0.3, 0.4) is 0 Å². The van der Waals surface area contributed by atoms with Gasteiger partial charge in [-0.05, 0) is 30.9 Å². The van der Waals surface area contributed by atoms with Gasteiger partial charge in [0.1, 0.15) is 6.04 Å². The van der Waals surface area contributed by atoms with Gasteiger partial charge in [0.25, 0.3) is 0 Å². The average molecular weight is 247 g/mol. The topological polar surface area (TPSA) is 29.5 Å². The predicted molar refractivity (Wildman–Crippen MR) is 71.5 cm³/mol. The Bertz CT molecular complexity index is 391. The van der Waals surface area contributed by atoms with E-state index in [1.807, 2.05) is 6.07 Å². The number of benzene rings is 1. The van der Waals surface area contributed by atoms with Crippen molar-refractivity contribution in [3.05, 3.63) is 35.9 Å². The molecule has 1 aromatic carbocycles. The number of carbonyl (C=O) groups excluding carboxylic acids is 1. The first kappa shape index (κ1) is 13.1. The summed E-state index contributed by atoms with van der Waals surface area (Å²) in [6.45, 7) is 4.22. The lowest BCUT2D eigenvalue weighted by atomic mass is 9.95. The van der Waals surface area contributed by atoms with Crippen molar-refractivity contribution in [2.24, 2.45) is 0 Å². The number of nitrogens with zero attached hydrogens (tertiary/aromatic N) is 1. The lowest BCUT2D eigenvalue weighted by Gasteiger charge is -2.39. The Morgan fingerprint density at radius 1 is 1.44 bits per heavy atom. The molecule has 1 aliphatic heterocycles. The first-order chi connectivity index (χ1) is 8.72. The molecular weight excluding hydrogens is 226 g/mol. The molecule has 0 aromatic heterocycles. The Labute approximate surface area is 109 Å². The molecule has 0 N–H and O–H groups in total. The van der Waals surface area contributed by atoms with E-state index in [0.29, 0.717) is 5.92 Å². The number of likely N-dealkylation sites (tertiary alicyclic amines) is 1. The van der Waals surface area contributed by atoms with Crippen LogP contribution in [0, 0.1) is 0 Å². The maximum absolute atomic E-state index is 11.5. The van der Waals surface area contributed by atoms with Gasteiger partial charge in [0.15, 0.2) is 0 Å². The molecule has 98 valence electrons. The summed E-state index contributed by atoms with van der Waals surface area (Å²) in [6.07, 6.45) is 2.02. The van der Waals surface area contributed by atoms with Gasteiger partial charge in [-0.1, -0.05) is 37.3 Å². The molecule has 1 aromatic rings. The molecule has 2 atom stereocenters. The van der Waals surface area contributed by atoms with Crippen LogP contribution < -0.4 is 0 Å². The molecule has 0 radical (unpaired) electrons. The van der Waals surface area contributed by atoms with Crippen molar-refractivity contribution in [2.75, 3.05) is 20.2 Å². The molecular formula is C15H21NO2. The molecule has 3 heteroatoms. The highest BCUT2D eigenvalue weighted by atomic mass is 16.5. The Kier molecular flexibility index (Phi) is 4.37. The largest absolute Gasteiger partial charge is 0.468 e. The molecule has 0 aliphatic carbocycles. The first-order valence-corrected chi connectivity index (χ1v) is 6.59. The molecule has 2 rings (SSSR count). The SMILES string of the molecule is COC(=O)C1CCN1CCC(C)c1ccccc1. The summed E-state index contributed by atoms with van der Waals surface area (Å²) in [5.74, 6) is 0.443. The third-order valence-corrected chi connectivity index (χ3v) is 3.82. The maximum atomic E-state index is 11.5. The van der Waals surface area contributed by atoms with Gasteiger partial charge in [-0.15, -0.1) is 0 Å². The third-order valence-electron chi connectivity index (χ3n) is 3.82. The summed E-state index contributed by atoms with van der Waals surface area (Å²) in [5, 5.41) is 0. The second-order valence-corrected chi connectivity index (χ2v) is 4.96. The van der Waals surface area contributed by atoms with Crippen LogP contribution in [0.15, 0.2) is 30.3 Å². The Morgan fingerprint density at radius 2 is 2.17 bits per heavy atom. The fourth-order valence-electron chi connectivity index (χ4n) is 2.42. The van der Waals surface area contributed by atoms with Gasteiger partial charge in [-0.25, -0.2) is 0 Å². The monoisotopic (exact) mass is 247 g/mol. The number of ether oxygens (including phenoxy) is 1. The minimum absolute atomic E-state index is 0.00188. The molecule has 0 saturated carbocycles. The summed E-state index contributed by atoms with van der Waals surface area (Å²) < 4.78 is 4.80. The molecule has 0 bridgehead atoms. The minimum Gasteiger partial charge on any atom is -0.468 e. The zero-order chi connectivity index (χ0) is 13.0. The smallest absolute Gasteiger partial charge is 0.323 e. The number of esters is 1. The Hall–Kier alpha value is -1.35. The van der Waals surface area contributed by atoms with Crippen molar-refractivity contribution >= 4 is 5.97 Å². The molecule has 0 amide bonds. The Morgan fingerprint density at radius 3 is 2.72 bits per heavy atom. The predicted octanol–water partition coefficient (Wildman–Crippen LogP) is 2.43. The molecule has 18 heavy (non-hydrogen) atoms. The van der Waals surface area contributed by atoms with Gasteiger partial charge >= 0.3 is 5.97 Å². The fourth-order valence-corrected chi connectivity index (χ4v) is 2.42. The molecule has 1 fully saturated rings. The van der Waals surface area contributed by atoms with Gasteiger partial charge in [0.05, 0.1) is 7.11 Å². The second-order valence-electron chi connectivity index (χ2n) is 4.96. The van der Waals surface area contributed by atoms with E-state index in [0.717, 1.165) is 25.9 Å². The average Bonchev–Trinajstić information content (AvgIpc) is 2.38. The fraction of sp³-hybridized carbons (Fsp3) is 0.533. The van der Waals surface area contributed by atoms with Crippen molar-refractivity contribution in [3.8, 4) is 0 Å². The van der Waals surface area contributed by atoms with Crippen molar-refractivity contribution < 1.29 is 9.53 Å². The van der Waals surface area contributed by atoms with Crippen LogP contribution in [-0.4, -0.2) is 37.1 Å². The molecule has 1 aliphatic rings.